The quantitative estimate of drug-likeness (QED) is 0.941. The van der Waals surface area contributed by atoms with Crippen molar-refractivity contribution < 1.29 is 0 Å². The third-order valence-corrected chi connectivity index (χ3v) is 5.37. The van der Waals surface area contributed by atoms with Gasteiger partial charge in [0.05, 0.1) is 17.4 Å². The highest BCUT2D eigenvalue weighted by Crippen LogP contribution is 2.37. The molecule has 1 unspecified atom stereocenters. The summed E-state index contributed by atoms with van der Waals surface area (Å²) in [6.07, 6.45) is 5.99. The van der Waals surface area contributed by atoms with E-state index in [-0.39, 0.29) is 0 Å². The number of nitrogens with one attached hydrogen (secondary N) is 1. The van der Waals surface area contributed by atoms with Gasteiger partial charge in [-0.2, -0.15) is 5.10 Å². The van der Waals surface area contributed by atoms with Crippen LogP contribution >= 0.6 is 0 Å². The maximum absolute atomic E-state index is 5.10. The largest absolute Gasteiger partial charge is 0.369 e. The van der Waals surface area contributed by atoms with Gasteiger partial charge in [0, 0.05) is 12.1 Å². The Morgan fingerprint density at radius 2 is 2.13 bits per heavy atom. The molecule has 0 aliphatic carbocycles. The Morgan fingerprint density at radius 1 is 1.26 bits per heavy atom. The highest BCUT2D eigenvalue weighted by atomic mass is 15.4. The maximum atomic E-state index is 5.10. The predicted molar refractivity (Wildman–Crippen MR) is 94.4 cm³/mol. The van der Waals surface area contributed by atoms with Crippen LogP contribution in [0.15, 0.2) is 24.3 Å². The summed E-state index contributed by atoms with van der Waals surface area (Å²) in [5.74, 6) is 1.22. The first kappa shape index (κ1) is 14.8. The van der Waals surface area contributed by atoms with Gasteiger partial charge < -0.3 is 5.32 Å². The van der Waals surface area contributed by atoms with Crippen LogP contribution in [0.1, 0.15) is 49.0 Å². The number of hydrogen-bond acceptors (Lipinski definition) is 3. The highest BCUT2D eigenvalue weighted by Gasteiger charge is 2.31. The van der Waals surface area contributed by atoms with Crippen LogP contribution in [-0.2, 0) is 12.8 Å². The van der Waals surface area contributed by atoms with E-state index in [4.69, 9.17) is 5.10 Å². The van der Waals surface area contributed by atoms with Gasteiger partial charge in [0.1, 0.15) is 5.82 Å². The van der Waals surface area contributed by atoms with E-state index in [1.165, 1.54) is 54.1 Å². The summed E-state index contributed by atoms with van der Waals surface area (Å²) in [6, 6.07) is 9.12. The Balaban J connectivity index is 1.82. The fourth-order valence-corrected chi connectivity index (χ4v) is 4.08. The van der Waals surface area contributed by atoms with Crippen molar-refractivity contribution in [2.45, 2.75) is 45.1 Å². The molecule has 2 aliphatic heterocycles. The smallest absolute Gasteiger partial charge is 0.133 e. The Kier molecular flexibility index (Phi) is 3.85. The van der Waals surface area contributed by atoms with E-state index in [0.717, 1.165) is 19.4 Å². The maximum Gasteiger partial charge on any atom is 0.133 e. The Hall–Kier alpha value is -1.81. The van der Waals surface area contributed by atoms with Gasteiger partial charge in [0.15, 0.2) is 0 Å². The van der Waals surface area contributed by atoms with Crippen LogP contribution in [0.2, 0.25) is 0 Å². The third kappa shape index (κ3) is 2.45. The van der Waals surface area contributed by atoms with E-state index in [9.17, 15) is 0 Å². The van der Waals surface area contributed by atoms with Gasteiger partial charge in [0.25, 0.3) is 0 Å². The molecule has 0 saturated carbocycles. The SMILES string of the molecule is CCc1ccccc1-n1nc(C2CCCCN2C)c2c1NCC2. The zero-order chi connectivity index (χ0) is 15.8. The molecule has 2 aromatic rings. The molecule has 4 nitrogen and oxygen atoms in total. The molecule has 1 saturated heterocycles. The first-order valence-corrected chi connectivity index (χ1v) is 8.93. The van der Waals surface area contributed by atoms with Crippen molar-refractivity contribution in [2.75, 3.05) is 25.5 Å². The van der Waals surface area contributed by atoms with Crippen molar-refractivity contribution in [1.82, 2.24) is 14.7 Å². The lowest BCUT2D eigenvalue weighted by molar-refractivity contribution is 0.182. The molecule has 0 amide bonds. The summed E-state index contributed by atoms with van der Waals surface area (Å²) in [6.45, 7) is 4.43. The first-order valence-electron chi connectivity index (χ1n) is 8.93. The van der Waals surface area contributed by atoms with Crippen LogP contribution in [0.3, 0.4) is 0 Å². The fraction of sp³-hybridized carbons (Fsp3) is 0.526. The van der Waals surface area contributed by atoms with Crippen molar-refractivity contribution in [3.63, 3.8) is 0 Å². The Bertz CT molecular complexity index is 703. The van der Waals surface area contributed by atoms with E-state index < -0.39 is 0 Å². The summed E-state index contributed by atoms with van der Waals surface area (Å²) in [7, 11) is 2.25. The molecule has 1 aromatic carbocycles. The van der Waals surface area contributed by atoms with Crippen LogP contribution in [0.5, 0.6) is 0 Å². The lowest BCUT2D eigenvalue weighted by atomic mass is 9.97. The van der Waals surface area contributed by atoms with Gasteiger partial charge >= 0.3 is 0 Å². The summed E-state index contributed by atoms with van der Waals surface area (Å²) in [5, 5.41) is 8.67. The number of piperidine rings is 1. The van der Waals surface area contributed by atoms with Crippen LogP contribution in [0.4, 0.5) is 5.82 Å². The van der Waals surface area contributed by atoms with Gasteiger partial charge in [-0.25, -0.2) is 4.68 Å². The molecule has 2 aliphatic rings. The molecule has 23 heavy (non-hydrogen) atoms. The van der Waals surface area contributed by atoms with Crippen LogP contribution in [0.25, 0.3) is 5.69 Å². The number of hydrogen-bond donors (Lipinski definition) is 1. The molecule has 1 atom stereocenters. The van der Waals surface area contributed by atoms with E-state index in [2.05, 4.69) is 53.1 Å². The molecule has 4 rings (SSSR count). The minimum atomic E-state index is 0.479. The van der Waals surface area contributed by atoms with E-state index in [1.807, 2.05) is 0 Å². The monoisotopic (exact) mass is 310 g/mol. The van der Waals surface area contributed by atoms with Gasteiger partial charge in [-0.3, -0.25) is 4.90 Å². The Labute approximate surface area is 138 Å². The molecule has 1 N–H and O–H groups in total. The average Bonchev–Trinajstić information content (AvgIpc) is 3.18. The second-order valence-corrected chi connectivity index (χ2v) is 6.78. The summed E-state index contributed by atoms with van der Waals surface area (Å²) < 4.78 is 2.17. The topological polar surface area (TPSA) is 33.1 Å². The minimum absolute atomic E-state index is 0.479. The number of nitrogens with zero attached hydrogens (tertiary/aromatic N) is 3. The normalized spacial score (nSPS) is 21.2. The lowest BCUT2D eigenvalue weighted by Crippen LogP contribution is -2.30. The molecule has 4 heteroatoms. The van der Waals surface area contributed by atoms with Crippen LogP contribution < -0.4 is 5.32 Å². The van der Waals surface area contributed by atoms with Gasteiger partial charge in [-0.1, -0.05) is 31.5 Å². The summed E-state index contributed by atoms with van der Waals surface area (Å²) >= 11 is 0. The average molecular weight is 310 g/mol. The number of rotatable bonds is 3. The number of aryl methyl sites for hydroxylation is 1. The molecule has 3 heterocycles. The van der Waals surface area contributed by atoms with Crippen molar-refractivity contribution in [2.24, 2.45) is 0 Å². The molecule has 0 spiro atoms. The van der Waals surface area contributed by atoms with E-state index >= 15 is 0 Å². The van der Waals surface area contributed by atoms with Gasteiger partial charge in [0.2, 0.25) is 0 Å². The molecule has 1 fully saturated rings. The zero-order valence-corrected chi connectivity index (χ0v) is 14.2. The standard InChI is InChI=1S/C19H26N4/c1-3-14-8-4-5-9-16(14)23-19-15(11-12-20-19)18(21-23)17-10-6-7-13-22(17)2/h4-5,8-9,17,20H,3,6-7,10-13H2,1-2H3. The van der Waals surface area contributed by atoms with Crippen molar-refractivity contribution in [3.8, 4) is 5.69 Å². The molecule has 0 bridgehead atoms. The zero-order valence-electron chi connectivity index (χ0n) is 14.2. The second kappa shape index (κ2) is 6.00. The van der Waals surface area contributed by atoms with E-state index in [0.29, 0.717) is 6.04 Å². The van der Waals surface area contributed by atoms with Crippen LogP contribution in [-0.4, -0.2) is 34.8 Å². The van der Waals surface area contributed by atoms with Crippen molar-refractivity contribution in [3.05, 3.63) is 41.1 Å². The van der Waals surface area contributed by atoms with Crippen LogP contribution in [0, 0.1) is 0 Å². The Morgan fingerprint density at radius 3 is 2.96 bits per heavy atom. The molecular formula is C19H26N4. The number of fused-ring (bicyclic) bond motifs is 1. The van der Waals surface area contributed by atoms with Crippen molar-refractivity contribution in [1.29, 1.82) is 0 Å². The minimum Gasteiger partial charge on any atom is -0.369 e. The number of para-hydroxylation sites is 1. The third-order valence-electron chi connectivity index (χ3n) is 5.37. The number of aromatic nitrogens is 2. The molecule has 1 aromatic heterocycles. The second-order valence-electron chi connectivity index (χ2n) is 6.78. The predicted octanol–water partition coefficient (Wildman–Crippen LogP) is 3.56. The van der Waals surface area contributed by atoms with Crippen molar-refractivity contribution >= 4 is 5.82 Å². The fourth-order valence-electron chi connectivity index (χ4n) is 4.08. The number of anilines is 1. The van der Waals surface area contributed by atoms with E-state index in [1.54, 1.807) is 0 Å². The first-order chi connectivity index (χ1) is 11.3. The highest BCUT2D eigenvalue weighted by molar-refractivity contribution is 5.59. The van der Waals surface area contributed by atoms with Gasteiger partial charge in [-0.15, -0.1) is 0 Å². The lowest BCUT2D eigenvalue weighted by Gasteiger charge is -2.31. The summed E-state index contributed by atoms with van der Waals surface area (Å²) in [4.78, 5) is 2.49. The molecule has 122 valence electrons. The summed E-state index contributed by atoms with van der Waals surface area (Å²) in [5.41, 5.74) is 5.33. The number of benzene rings is 1. The molecule has 0 radical (unpaired) electrons. The van der Waals surface area contributed by atoms with Gasteiger partial charge in [-0.05, 0) is 50.9 Å². The molecular weight excluding hydrogens is 284 g/mol. The number of likely N-dealkylation sites (tertiary alicyclic amines) is 1.